The molecule has 90 valence electrons. The Bertz CT molecular complexity index is 313. The first-order chi connectivity index (χ1) is 7.75. The molecular formula is C12H22N4. The number of aromatic amines is 1. The maximum Gasteiger partial charge on any atom is 0.202 e. The molecule has 0 saturated carbocycles. The zero-order chi connectivity index (χ0) is 11.4. The normalized spacial score (nSPS) is 17.1. The maximum absolute atomic E-state index is 4.45. The van der Waals surface area contributed by atoms with Gasteiger partial charge in [0.15, 0.2) is 0 Å². The molecule has 1 fully saturated rings. The van der Waals surface area contributed by atoms with Crippen LogP contribution in [0.25, 0.3) is 0 Å². The molecule has 0 unspecified atom stereocenters. The summed E-state index contributed by atoms with van der Waals surface area (Å²) in [6.45, 7) is 7.47. The third-order valence-electron chi connectivity index (χ3n) is 2.97. The van der Waals surface area contributed by atoms with E-state index in [2.05, 4.69) is 34.0 Å². The predicted octanol–water partition coefficient (Wildman–Crippen LogP) is 1.90. The number of hydrogen-bond acceptors (Lipinski definition) is 3. The molecule has 4 heteroatoms. The van der Waals surface area contributed by atoms with Crippen LogP contribution in [0.15, 0.2) is 6.20 Å². The molecule has 0 radical (unpaired) electrons. The van der Waals surface area contributed by atoms with Crippen LogP contribution in [0.4, 0.5) is 5.95 Å². The van der Waals surface area contributed by atoms with E-state index in [0.717, 1.165) is 25.6 Å². The Balaban J connectivity index is 1.90. The van der Waals surface area contributed by atoms with Gasteiger partial charge < -0.3 is 15.2 Å². The number of imidazole rings is 1. The van der Waals surface area contributed by atoms with Gasteiger partial charge in [0.05, 0.1) is 11.9 Å². The van der Waals surface area contributed by atoms with Crippen LogP contribution < -0.4 is 10.2 Å². The van der Waals surface area contributed by atoms with Crippen molar-refractivity contribution >= 4 is 5.95 Å². The van der Waals surface area contributed by atoms with E-state index in [0.29, 0.717) is 6.04 Å². The van der Waals surface area contributed by atoms with Crippen LogP contribution >= 0.6 is 0 Å². The molecule has 1 aromatic rings. The van der Waals surface area contributed by atoms with Crippen molar-refractivity contribution in [3.05, 3.63) is 11.9 Å². The van der Waals surface area contributed by atoms with Crippen molar-refractivity contribution < 1.29 is 0 Å². The van der Waals surface area contributed by atoms with E-state index in [-0.39, 0.29) is 0 Å². The minimum Gasteiger partial charge on any atom is -0.342 e. The molecule has 0 atom stereocenters. The molecule has 0 spiro atoms. The lowest BCUT2D eigenvalue weighted by atomic mass is 10.1. The van der Waals surface area contributed by atoms with Gasteiger partial charge in [0.1, 0.15) is 0 Å². The molecule has 4 nitrogen and oxygen atoms in total. The topological polar surface area (TPSA) is 44.0 Å². The summed E-state index contributed by atoms with van der Waals surface area (Å²) in [4.78, 5) is 10.2. The molecule has 2 heterocycles. The van der Waals surface area contributed by atoms with Gasteiger partial charge in [0.2, 0.25) is 5.95 Å². The molecule has 1 aliphatic heterocycles. The van der Waals surface area contributed by atoms with E-state index in [9.17, 15) is 0 Å². The minimum atomic E-state index is 0.515. The molecule has 0 aliphatic carbocycles. The van der Waals surface area contributed by atoms with Gasteiger partial charge in [0.25, 0.3) is 0 Å². The van der Waals surface area contributed by atoms with E-state index in [4.69, 9.17) is 0 Å². The number of anilines is 1. The molecule has 1 saturated heterocycles. The van der Waals surface area contributed by atoms with Crippen molar-refractivity contribution in [3.63, 3.8) is 0 Å². The molecule has 0 bridgehead atoms. The maximum atomic E-state index is 4.45. The first-order valence-electron chi connectivity index (χ1n) is 6.28. The first kappa shape index (κ1) is 11.5. The van der Waals surface area contributed by atoms with Crippen molar-refractivity contribution in [3.8, 4) is 0 Å². The van der Waals surface area contributed by atoms with Gasteiger partial charge in [-0.05, 0) is 19.3 Å². The molecule has 1 aliphatic rings. The van der Waals surface area contributed by atoms with E-state index >= 15 is 0 Å². The second-order valence-corrected chi connectivity index (χ2v) is 4.82. The summed E-state index contributed by atoms with van der Waals surface area (Å²) in [5.41, 5.74) is 1.18. The van der Waals surface area contributed by atoms with Gasteiger partial charge in [-0.25, -0.2) is 4.98 Å². The van der Waals surface area contributed by atoms with Gasteiger partial charge >= 0.3 is 0 Å². The smallest absolute Gasteiger partial charge is 0.202 e. The summed E-state index contributed by atoms with van der Waals surface area (Å²) in [5, 5.41) is 3.39. The highest BCUT2D eigenvalue weighted by Gasteiger charge is 2.13. The van der Waals surface area contributed by atoms with Crippen molar-refractivity contribution in [2.75, 3.05) is 18.0 Å². The van der Waals surface area contributed by atoms with Crippen molar-refractivity contribution in [2.24, 2.45) is 0 Å². The summed E-state index contributed by atoms with van der Waals surface area (Å²) in [5.74, 6) is 1.04. The van der Waals surface area contributed by atoms with Crippen molar-refractivity contribution in [2.45, 2.75) is 45.7 Å². The lowest BCUT2D eigenvalue weighted by molar-refractivity contribution is 0.566. The number of nitrogens with one attached hydrogen (secondary N) is 2. The van der Waals surface area contributed by atoms with Crippen LogP contribution in [0.3, 0.4) is 0 Å². The van der Waals surface area contributed by atoms with Crippen LogP contribution in [0, 0.1) is 0 Å². The number of hydrogen-bond donors (Lipinski definition) is 2. The van der Waals surface area contributed by atoms with Gasteiger partial charge in [-0.15, -0.1) is 0 Å². The Morgan fingerprint density at radius 2 is 2.12 bits per heavy atom. The number of H-pyrrole nitrogens is 1. The SMILES string of the molecule is CC(C)NCc1cnc(N2CCCCC2)[nH]1. The average Bonchev–Trinajstić information content (AvgIpc) is 2.76. The zero-order valence-corrected chi connectivity index (χ0v) is 10.3. The highest BCUT2D eigenvalue weighted by atomic mass is 15.3. The molecule has 1 aromatic heterocycles. The first-order valence-corrected chi connectivity index (χ1v) is 6.28. The highest BCUT2D eigenvalue weighted by molar-refractivity contribution is 5.31. The molecular weight excluding hydrogens is 200 g/mol. The van der Waals surface area contributed by atoms with Crippen LogP contribution in [0.2, 0.25) is 0 Å². The van der Waals surface area contributed by atoms with Crippen LogP contribution in [-0.2, 0) is 6.54 Å². The minimum absolute atomic E-state index is 0.515. The molecule has 0 amide bonds. The van der Waals surface area contributed by atoms with E-state index in [1.54, 1.807) is 0 Å². The Hall–Kier alpha value is -1.03. The van der Waals surface area contributed by atoms with Gasteiger partial charge in [-0.2, -0.15) is 0 Å². The van der Waals surface area contributed by atoms with E-state index < -0.39 is 0 Å². The Morgan fingerprint density at radius 1 is 1.38 bits per heavy atom. The molecule has 0 aromatic carbocycles. The third kappa shape index (κ3) is 2.98. The standard InChI is InChI=1S/C12H22N4/c1-10(2)13-8-11-9-14-12(15-11)16-6-4-3-5-7-16/h9-10,13H,3-8H2,1-2H3,(H,14,15). The second kappa shape index (κ2) is 5.34. The second-order valence-electron chi connectivity index (χ2n) is 4.82. The fraction of sp³-hybridized carbons (Fsp3) is 0.750. The summed E-state index contributed by atoms with van der Waals surface area (Å²) in [6, 6.07) is 0.515. The summed E-state index contributed by atoms with van der Waals surface area (Å²) in [7, 11) is 0. The molecule has 2 rings (SSSR count). The Morgan fingerprint density at radius 3 is 2.81 bits per heavy atom. The zero-order valence-electron chi connectivity index (χ0n) is 10.3. The Kier molecular flexibility index (Phi) is 3.83. The number of aromatic nitrogens is 2. The van der Waals surface area contributed by atoms with Crippen LogP contribution in [0.5, 0.6) is 0 Å². The quantitative estimate of drug-likeness (QED) is 0.817. The monoisotopic (exact) mass is 222 g/mol. The van der Waals surface area contributed by atoms with Gasteiger partial charge in [-0.3, -0.25) is 0 Å². The van der Waals surface area contributed by atoms with Crippen LogP contribution in [0.1, 0.15) is 38.8 Å². The van der Waals surface area contributed by atoms with Gasteiger partial charge in [0, 0.05) is 25.7 Å². The molecule has 16 heavy (non-hydrogen) atoms. The third-order valence-corrected chi connectivity index (χ3v) is 2.97. The summed E-state index contributed by atoms with van der Waals surface area (Å²) >= 11 is 0. The van der Waals surface area contributed by atoms with Crippen molar-refractivity contribution in [1.29, 1.82) is 0 Å². The summed E-state index contributed by atoms with van der Waals surface area (Å²) in [6.07, 6.45) is 5.89. The fourth-order valence-corrected chi connectivity index (χ4v) is 2.02. The fourth-order valence-electron chi connectivity index (χ4n) is 2.02. The predicted molar refractivity (Wildman–Crippen MR) is 66.6 cm³/mol. The highest BCUT2D eigenvalue weighted by Crippen LogP contribution is 2.16. The van der Waals surface area contributed by atoms with E-state index in [1.807, 2.05) is 6.20 Å². The van der Waals surface area contributed by atoms with Crippen LogP contribution in [-0.4, -0.2) is 29.1 Å². The largest absolute Gasteiger partial charge is 0.342 e. The average molecular weight is 222 g/mol. The van der Waals surface area contributed by atoms with E-state index in [1.165, 1.54) is 25.0 Å². The Labute approximate surface area is 97.4 Å². The number of piperidine rings is 1. The molecule has 2 N–H and O–H groups in total. The lowest BCUT2D eigenvalue weighted by Gasteiger charge is -2.25. The lowest BCUT2D eigenvalue weighted by Crippen LogP contribution is -2.30. The summed E-state index contributed by atoms with van der Waals surface area (Å²) < 4.78 is 0. The number of nitrogens with zero attached hydrogens (tertiary/aromatic N) is 2. The number of rotatable bonds is 4. The van der Waals surface area contributed by atoms with Gasteiger partial charge in [-0.1, -0.05) is 13.8 Å². The van der Waals surface area contributed by atoms with Crippen molar-refractivity contribution in [1.82, 2.24) is 15.3 Å².